The Morgan fingerprint density at radius 3 is 2.21 bits per heavy atom. The van der Waals surface area contributed by atoms with Crippen LogP contribution in [0.2, 0.25) is 0 Å². The molecule has 6 heteroatoms. The van der Waals surface area contributed by atoms with E-state index in [0.717, 1.165) is 54.7 Å². The summed E-state index contributed by atoms with van der Waals surface area (Å²) >= 11 is 0. The van der Waals surface area contributed by atoms with E-state index in [-0.39, 0.29) is 30.0 Å². The number of hydrogen-bond acceptors (Lipinski definition) is 3. The summed E-state index contributed by atoms with van der Waals surface area (Å²) in [4.78, 5) is 26.6. The van der Waals surface area contributed by atoms with Gasteiger partial charge in [-0.2, -0.15) is 0 Å². The molecule has 3 rings (SSSR count). The molecule has 1 fully saturated rings. The van der Waals surface area contributed by atoms with Crippen molar-refractivity contribution in [3.63, 3.8) is 0 Å². The van der Waals surface area contributed by atoms with E-state index in [1.165, 1.54) is 12.1 Å². The first-order valence-electron chi connectivity index (χ1n) is 12.1. The number of esters is 1. The normalized spacial score (nSPS) is 17.5. The third kappa shape index (κ3) is 6.63. The molecule has 1 atom stereocenters. The summed E-state index contributed by atoms with van der Waals surface area (Å²) in [5.74, 6) is -0.515. The van der Waals surface area contributed by atoms with Gasteiger partial charge in [0.25, 0.3) is 0 Å². The maximum absolute atomic E-state index is 13.7. The van der Waals surface area contributed by atoms with Crippen molar-refractivity contribution in [2.45, 2.75) is 65.1 Å². The van der Waals surface area contributed by atoms with Gasteiger partial charge in [0, 0.05) is 0 Å². The van der Waals surface area contributed by atoms with Crippen molar-refractivity contribution in [3.05, 3.63) is 65.0 Å². The summed E-state index contributed by atoms with van der Waals surface area (Å²) in [5, 5.41) is 3.11. The van der Waals surface area contributed by atoms with Gasteiger partial charge in [-0.05, 0) is 0 Å². The number of nitrogens with one attached hydrogen (secondary N) is 1. The Morgan fingerprint density at radius 1 is 1.03 bits per heavy atom. The van der Waals surface area contributed by atoms with Crippen LogP contribution in [0.15, 0.2) is 42.5 Å². The fourth-order valence-corrected chi connectivity index (χ4v) is 11.0. The zero-order valence-electron chi connectivity index (χ0n) is 20.1. The van der Waals surface area contributed by atoms with Crippen LogP contribution in [0.1, 0.15) is 55.7 Å². The first kappa shape index (κ1) is 25.4. The van der Waals surface area contributed by atoms with Crippen molar-refractivity contribution >= 4 is 24.8 Å². The first-order valence-corrected chi connectivity index (χ1v) is 14.8. The van der Waals surface area contributed by atoms with Gasteiger partial charge in [-0.1, -0.05) is 0 Å². The number of hydrogen-bond donors (Lipinski definition) is 1. The number of rotatable bonds is 8. The summed E-state index contributed by atoms with van der Waals surface area (Å²) in [6.07, 6.45) is 7.47. The Hall–Kier alpha value is -2.26. The predicted octanol–water partition coefficient (Wildman–Crippen LogP) is 6.23. The van der Waals surface area contributed by atoms with E-state index < -0.39 is 7.26 Å². The molecule has 0 radical (unpaired) electrons. The van der Waals surface area contributed by atoms with Crippen LogP contribution in [-0.2, 0) is 20.9 Å². The average Bonchev–Trinajstić information content (AvgIpc) is 3.02. The summed E-state index contributed by atoms with van der Waals surface area (Å²) in [6.45, 7) is 5.93. The van der Waals surface area contributed by atoms with Gasteiger partial charge in [0.1, 0.15) is 0 Å². The molecule has 180 valence electrons. The molecule has 1 aliphatic heterocycles. The average molecular weight is 474 g/mol. The number of halogens is 1. The second kappa shape index (κ2) is 11.7. The van der Waals surface area contributed by atoms with Crippen LogP contribution in [0.5, 0.6) is 0 Å². The quantitative estimate of drug-likeness (QED) is 0.365. The Bertz CT molecular complexity index is 932. The Balaban J connectivity index is 1.79. The number of carbonyl (C=O) groups excluding carboxylic acids is 2. The molecule has 0 spiro atoms. The zero-order chi connectivity index (χ0) is 23.8. The third-order valence-electron chi connectivity index (χ3n) is 7.05. The van der Waals surface area contributed by atoms with Gasteiger partial charge in [-0.3, -0.25) is 0 Å². The first-order chi connectivity index (χ1) is 15.8. The predicted molar refractivity (Wildman–Crippen MR) is 136 cm³/mol. The molecule has 0 saturated carbocycles. The molecule has 1 unspecified atom stereocenters. The molecular weight excluding hydrogens is 436 g/mol. The number of anilines is 1. The molecule has 0 aliphatic carbocycles. The van der Waals surface area contributed by atoms with Crippen LogP contribution in [0, 0.1) is 19.7 Å². The van der Waals surface area contributed by atoms with Gasteiger partial charge in [0.05, 0.1) is 0 Å². The van der Waals surface area contributed by atoms with Crippen LogP contribution in [0.4, 0.5) is 10.1 Å². The van der Waals surface area contributed by atoms with Crippen molar-refractivity contribution in [1.29, 1.82) is 0 Å². The summed E-state index contributed by atoms with van der Waals surface area (Å²) in [7, 11) is -2.29. The Kier molecular flexibility index (Phi) is 9.02. The van der Waals surface area contributed by atoms with E-state index in [1.54, 1.807) is 0 Å². The summed E-state index contributed by atoms with van der Waals surface area (Å²) < 4.78 is 19.4. The number of amides is 1. The van der Waals surface area contributed by atoms with Gasteiger partial charge in [0.15, 0.2) is 0 Å². The third-order valence-corrected chi connectivity index (χ3v) is 12.9. The molecule has 33 heavy (non-hydrogen) atoms. The van der Waals surface area contributed by atoms with Crippen molar-refractivity contribution in [2.75, 3.05) is 23.8 Å². The Morgan fingerprint density at radius 2 is 1.64 bits per heavy atom. The molecule has 0 bridgehead atoms. The van der Waals surface area contributed by atoms with Crippen molar-refractivity contribution in [3.8, 4) is 0 Å². The molecule has 4 nitrogen and oxygen atoms in total. The second-order valence-corrected chi connectivity index (χ2v) is 14.2. The van der Waals surface area contributed by atoms with E-state index in [1.807, 2.05) is 51.1 Å². The zero-order valence-corrected chi connectivity index (χ0v) is 21.1. The van der Waals surface area contributed by atoms with Gasteiger partial charge in [0.2, 0.25) is 0 Å². The van der Waals surface area contributed by atoms with E-state index in [4.69, 9.17) is 4.74 Å². The van der Waals surface area contributed by atoms with Crippen LogP contribution < -0.4 is 5.32 Å². The number of carbonyl (C=O) groups is 2. The monoisotopic (exact) mass is 473 g/mol. The van der Waals surface area contributed by atoms with E-state index in [0.29, 0.717) is 18.3 Å². The second-order valence-electron chi connectivity index (χ2n) is 9.46. The molecule has 1 aliphatic rings. The molecule has 0 aromatic heterocycles. The molecular formula is C27H37FNO3P. The summed E-state index contributed by atoms with van der Waals surface area (Å²) in [5.41, 5.74) is 2.91. The standard InChI is InChI=1S/C27H37FNO3P/c1-4-24(27(31)29-26-20(2)16-23(28)17-21(26)3)33(14-10-5-6-11-15-33)19-25(30)32-18-22-12-8-7-9-13-22/h7-9,12-13,16-17,24,33H,4-6,10-11,14-15,18-19H2,1-3H3,(H,29,31). The summed E-state index contributed by atoms with van der Waals surface area (Å²) in [6, 6.07) is 12.6. The fraction of sp³-hybridized carbons (Fsp3) is 0.481. The van der Waals surface area contributed by atoms with Crippen molar-refractivity contribution in [2.24, 2.45) is 0 Å². The van der Waals surface area contributed by atoms with E-state index in [2.05, 4.69) is 5.32 Å². The molecule has 2 aromatic rings. The van der Waals surface area contributed by atoms with E-state index >= 15 is 0 Å². The minimum atomic E-state index is -2.29. The number of aryl methyl sites for hydroxylation is 2. The number of ether oxygens (including phenoxy) is 1. The van der Waals surface area contributed by atoms with Crippen LogP contribution in [-0.4, -0.2) is 36.0 Å². The molecule has 2 aromatic carbocycles. The van der Waals surface area contributed by atoms with Crippen LogP contribution in [0.3, 0.4) is 0 Å². The number of benzene rings is 2. The van der Waals surface area contributed by atoms with E-state index in [9.17, 15) is 14.0 Å². The van der Waals surface area contributed by atoms with Gasteiger partial charge in [-0.15, -0.1) is 0 Å². The van der Waals surface area contributed by atoms with Crippen molar-refractivity contribution in [1.82, 2.24) is 0 Å². The van der Waals surface area contributed by atoms with Crippen molar-refractivity contribution < 1.29 is 18.7 Å². The molecule has 1 amide bonds. The maximum atomic E-state index is 13.7. The van der Waals surface area contributed by atoms with Gasteiger partial charge < -0.3 is 0 Å². The minimum absolute atomic E-state index is 0.0280. The fourth-order valence-electron chi connectivity index (χ4n) is 5.37. The molecule has 1 saturated heterocycles. The van der Waals surface area contributed by atoms with Crippen LogP contribution >= 0.6 is 7.26 Å². The van der Waals surface area contributed by atoms with Crippen LogP contribution in [0.25, 0.3) is 0 Å². The Labute approximate surface area is 197 Å². The van der Waals surface area contributed by atoms with Gasteiger partial charge >= 0.3 is 197 Å². The topological polar surface area (TPSA) is 55.4 Å². The SMILES string of the molecule is CCC(C(=O)Nc1c(C)cc(F)cc1C)[PH]1(CC(=O)OCc2ccccc2)CCCCCC1. The molecule has 1 heterocycles. The molecule has 1 N–H and O–H groups in total. The van der Waals surface area contributed by atoms with Gasteiger partial charge in [-0.25, -0.2) is 0 Å².